The third-order valence-electron chi connectivity index (χ3n) is 8.05. The molecular formula is C33H43N5O3. The highest BCUT2D eigenvalue weighted by atomic mass is 16.6. The Morgan fingerprint density at radius 2 is 1.71 bits per heavy atom. The monoisotopic (exact) mass is 557 g/mol. The van der Waals surface area contributed by atoms with Gasteiger partial charge in [-0.05, 0) is 88.4 Å². The zero-order chi connectivity index (χ0) is 28.4. The lowest BCUT2D eigenvalue weighted by molar-refractivity contribution is 0.201. The molecule has 0 spiro atoms. The predicted molar refractivity (Wildman–Crippen MR) is 163 cm³/mol. The van der Waals surface area contributed by atoms with Crippen LogP contribution in [0.2, 0.25) is 0 Å². The number of aromatic nitrogens is 2. The highest BCUT2D eigenvalue weighted by Crippen LogP contribution is 2.30. The van der Waals surface area contributed by atoms with Gasteiger partial charge in [-0.1, -0.05) is 49.9 Å². The molecule has 1 saturated carbocycles. The molecule has 1 saturated heterocycles. The van der Waals surface area contributed by atoms with Crippen LogP contribution in [0.15, 0.2) is 54.7 Å². The first-order chi connectivity index (χ1) is 20.1. The van der Waals surface area contributed by atoms with Gasteiger partial charge in [-0.15, -0.1) is 0 Å². The van der Waals surface area contributed by atoms with E-state index in [1.54, 1.807) is 17.2 Å². The molecule has 1 aliphatic heterocycles. The number of hydrogen-bond donors (Lipinski definition) is 1. The minimum atomic E-state index is -0.404. The van der Waals surface area contributed by atoms with Crippen LogP contribution in [-0.4, -0.2) is 53.2 Å². The Labute approximate surface area is 244 Å². The molecule has 2 aromatic carbocycles. The lowest BCUT2D eigenvalue weighted by atomic mass is 9.94. The molecule has 2 heterocycles. The highest BCUT2D eigenvalue weighted by molar-refractivity contribution is 5.89. The van der Waals surface area contributed by atoms with Crippen molar-refractivity contribution in [1.82, 2.24) is 14.9 Å². The largest absolute Gasteiger partial charge is 0.493 e. The first-order valence-corrected chi connectivity index (χ1v) is 15.2. The first kappa shape index (κ1) is 28.9. The molecule has 0 unspecified atom stereocenters. The molecule has 0 atom stereocenters. The average molecular weight is 558 g/mol. The second-order valence-electron chi connectivity index (χ2n) is 11.2. The zero-order valence-electron chi connectivity index (χ0n) is 24.5. The number of hydrogen-bond acceptors (Lipinski definition) is 7. The number of anilines is 3. The van der Waals surface area contributed by atoms with E-state index in [2.05, 4.69) is 15.2 Å². The molecule has 218 valence electrons. The summed E-state index contributed by atoms with van der Waals surface area (Å²) in [5.41, 5.74) is 2.69. The Morgan fingerprint density at radius 1 is 0.976 bits per heavy atom. The minimum absolute atomic E-state index is 0.0324. The van der Waals surface area contributed by atoms with Gasteiger partial charge in [0.2, 0.25) is 5.95 Å². The SMILES string of the molecule is Cc1cccc(C)c1OC(=O)N(c1ccnc(Nc2cccc(OCCCN3CCCCC3)c2)n1)C1CCCCC1. The van der Waals surface area contributed by atoms with Crippen LogP contribution in [0, 0.1) is 13.8 Å². The Hall–Kier alpha value is -3.65. The number of aryl methyl sites for hydroxylation is 2. The minimum Gasteiger partial charge on any atom is -0.493 e. The van der Waals surface area contributed by atoms with Gasteiger partial charge in [0.1, 0.15) is 17.3 Å². The van der Waals surface area contributed by atoms with Gasteiger partial charge in [0.05, 0.1) is 6.61 Å². The molecule has 2 aliphatic rings. The van der Waals surface area contributed by atoms with Crippen LogP contribution < -0.4 is 19.7 Å². The quantitative estimate of drug-likeness (QED) is 0.260. The number of carbonyl (C=O) groups excluding carboxylic acids is 1. The molecule has 5 rings (SSSR count). The van der Waals surface area contributed by atoms with E-state index in [0.717, 1.165) is 61.2 Å². The summed E-state index contributed by atoms with van der Waals surface area (Å²) < 4.78 is 12.0. The maximum atomic E-state index is 13.7. The lowest BCUT2D eigenvalue weighted by Crippen LogP contribution is -2.44. The summed E-state index contributed by atoms with van der Waals surface area (Å²) in [5.74, 6) is 2.38. The molecule has 1 amide bonds. The number of likely N-dealkylation sites (tertiary alicyclic amines) is 1. The number of nitrogens with zero attached hydrogens (tertiary/aromatic N) is 4. The molecule has 1 aromatic heterocycles. The summed E-state index contributed by atoms with van der Waals surface area (Å²) in [6.07, 6.45) is 11.5. The number of amides is 1. The van der Waals surface area contributed by atoms with Crippen LogP contribution >= 0.6 is 0 Å². The van der Waals surface area contributed by atoms with Gasteiger partial charge in [-0.25, -0.2) is 9.78 Å². The normalized spacial score (nSPS) is 16.2. The fourth-order valence-corrected chi connectivity index (χ4v) is 5.86. The van der Waals surface area contributed by atoms with E-state index < -0.39 is 6.09 Å². The van der Waals surface area contributed by atoms with Crippen molar-refractivity contribution in [2.45, 2.75) is 77.7 Å². The third kappa shape index (κ3) is 7.97. The Kier molecular flexibility index (Phi) is 10.1. The Bertz CT molecular complexity index is 1270. The zero-order valence-corrected chi connectivity index (χ0v) is 24.5. The number of carbonyl (C=O) groups is 1. The van der Waals surface area contributed by atoms with Crippen LogP contribution in [0.3, 0.4) is 0 Å². The van der Waals surface area contributed by atoms with Crippen LogP contribution in [0.25, 0.3) is 0 Å². The van der Waals surface area contributed by atoms with E-state index >= 15 is 0 Å². The molecule has 8 nitrogen and oxygen atoms in total. The summed E-state index contributed by atoms with van der Waals surface area (Å²) in [5, 5.41) is 3.30. The molecule has 41 heavy (non-hydrogen) atoms. The van der Waals surface area contributed by atoms with Crippen LogP contribution in [0.4, 0.5) is 22.2 Å². The number of para-hydroxylation sites is 1. The number of piperidine rings is 1. The molecule has 1 N–H and O–H groups in total. The van der Waals surface area contributed by atoms with Gasteiger partial charge in [-0.2, -0.15) is 4.98 Å². The van der Waals surface area contributed by atoms with Crippen molar-refractivity contribution in [2.24, 2.45) is 0 Å². The summed E-state index contributed by atoms with van der Waals surface area (Å²) in [7, 11) is 0. The van der Waals surface area contributed by atoms with Crippen molar-refractivity contribution in [2.75, 3.05) is 36.5 Å². The maximum absolute atomic E-state index is 13.7. The van der Waals surface area contributed by atoms with E-state index in [-0.39, 0.29) is 6.04 Å². The first-order valence-electron chi connectivity index (χ1n) is 15.2. The summed E-state index contributed by atoms with van der Waals surface area (Å²) in [6, 6.07) is 15.6. The average Bonchev–Trinajstić information content (AvgIpc) is 2.99. The van der Waals surface area contributed by atoms with E-state index in [0.29, 0.717) is 24.1 Å². The molecule has 8 heteroatoms. The van der Waals surface area contributed by atoms with E-state index in [1.807, 2.05) is 56.3 Å². The molecule has 0 bridgehead atoms. The summed E-state index contributed by atoms with van der Waals surface area (Å²) >= 11 is 0. The molecule has 1 aliphatic carbocycles. The molecular weight excluding hydrogens is 514 g/mol. The number of ether oxygens (including phenoxy) is 2. The van der Waals surface area contributed by atoms with E-state index in [1.165, 1.54) is 38.8 Å². The van der Waals surface area contributed by atoms with Crippen molar-refractivity contribution in [1.29, 1.82) is 0 Å². The number of benzene rings is 2. The summed E-state index contributed by atoms with van der Waals surface area (Å²) in [4.78, 5) is 27.1. The fourth-order valence-electron chi connectivity index (χ4n) is 5.86. The third-order valence-corrected chi connectivity index (χ3v) is 8.05. The lowest BCUT2D eigenvalue weighted by Gasteiger charge is -2.33. The molecule has 0 radical (unpaired) electrons. The standard InChI is InChI=1S/C33H43N5O3/c1-25-12-9-13-26(2)31(25)41-33(39)38(28-15-5-3-6-16-28)30-18-19-34-32(36-30)35-27-14-10-17-29(24-27)40-23-11-22-37-20-7-4-8-21-37/h9-10,12-14,17-19,24,28H,3-8,11,15-16,20-23H2,1-2H3,(H,34,35,36). The van der Waals surface area contributed by atoms with E-state index in [9.17, 15) is 4.79 Å². The van der Waals surface area contributed by atoms with Crippen LogP contribution in [0.5, 0.6) is 11.5 Å². The Morgan fingerprint density at radius 3 is 2.49 bits per heavy atom. The van der Waals surface area contributed by atoms with Crippen molar-refractivity contribution in [3.63, 3.8) is 0 Å². The topological polar surface area (TPSA) is 79.8 Å². The maximum Gasteiger partial charge on any atom is 0.421 e. The Balaban J connectivity index is 1.26. The van der Waals surface area contributed by atoms with Gasteiger partial charge in [0.25, 0.3) is 0 Å². The van der Waals surface area contributed by atoms with Gasteiger partial charge in [-0.3, -0.25) is 4.90 Å². The second kappa shape index (κ2) is 14.3. The number of nitrogens with one attached hydrogen (secondary N) is 1. The van der Waals surface area contributed by atoms with Crippen LogP contribution in [-0.2, 0) is 0 Å². The van der Waals surface area contributed by atoms with Crippen LogP contribution in [0.1, 0.15) is 68.9 Å². The van der Waals surface area contributed by atoms with Crippen molar-refractivity contribution in [3.8, 4) is 11.5 Å². The van der Waals surface area contributed by atoms with Gasteiger partial charge in [0, 0.05) is 30.5 Å². The smallest absolute Gasteiger partial charge is 0.421 e. The molecule has 2 fully saturated rings. The highest BCUT2D eigenvalue weighted by Gasteiger charge is 2.30. The van der Waals surface area contributed by atoms with Gasteiger partial charge < -0.3 is 19.7 Å². The number of rotatable bonds is 10. The fraction of sp³-hybridized carbons (Fsp3) is 0.485. The summed E-state index contributed by atoms with van der Waals surface area (Å²) in [6.45, 7) is 8.10. The van der Waals surface area contributed by atoms with Crippen molar-refractivity contribution >= 4 is 23.5 Å². The van der Waals surface area contributed by atoms with Gasteiger partial charge in [0.15, 0.2) is 0 Å². The molecule has 3 aromatic rings. The van der Waals surface area contributed by atoms with Gasteiger partial charge >= 0.3 is 6.09 Å². The second-order valence-corrected chi connectivity index (χ2v) is 11.2. The predicted octanol–water partition coefficient (Wildman–Crippen LogP) is 7.43. The van der Waals surface area contributed by atoms with Crippen molar-refractivity contribution < 1.29 is 14.3 Å². The van der Waals surface area contributed by atoms with Crippen molar-refractivity contribution in [3.05, 3.63) is 65.9 Å². The van der Waals surface area contributed by atoms with E-state index in [4.69, 9.17) is 14.5 Å².